The number of esters is 1. The van der Waals surface area contributed by atoms with Gasteiger partial charge in [0.2, 0.25) is 0 Å². The number of hydrogen-bond donors (Lipinski definition) is 2. The van der Waals surface area contributed by atoms with Crippen LogP contribution < -0.4 is 5.56 Å². The van der Waals surface area contributed by atoms with Crippen molar-refractivity contribution >= 4 is 39.4 Å². The SMILES string of the molecule is CCOC(=O)Cc1cccc(-c2cc3cc(-c4ccc5cn[nH]c5c4)c(Cl)cc3[nH]c2=O)c1. The Bertz CT molecular complexity index is 1570. The summed E-state index contributed by atoms with van der Waals surface area (Å²) in [6.07, 6.45) is 1.93. The van der Waals surface area contributed by atoms with Gasteiger partial charge in [0.15, 0.2) is 0 Å². The number of aromatic nitrogens is 3. The molecular formula is C26H20ClN3O3. The average Bonchev–Trinajstić information content (AvgIpc) is 3.26. The number of ether oxygens (including phenoxy) is 1. The van der Waals surface area contributed by atoms with Crippen LogP contribution in [0.2, 0.25) is 5.02 Å². The third-order valence-corrected chi connectivity index (χ3v) is 5.89. The second kappa shape index (κ2) is 8.56. The highest BCUT2D eigenvalue weighted by Gasteiger charge is 2.12. The van der Waals surface area contributed by atoms with E-state index in [2.05, 4.69) is 15.2 Å². The van der Waals surface area contributed by atoms with Gasteiger partial charge in [-0.15, -0.1) is 0 Å². The molecule has 5 rings (SSSR count). The molecule has 0 saturated heterocycles. The molecule has 0 amide bonds. The van der Waals surface area contributed by atoms with Gasteiger partial charge >= 0.3 is 5.97 Å². The van der Waals surface area contributed by atoms with Crippen LogP contribution >= 0.6 is 11.6 Å². The maximum atomic E-state index is 12.9. The molecule has 6 nitrogen and oxygen atoms in total. The number of halogens is 1. The molecule has 5 aromatic rings. The first-order valence-corrected chi connectivity index (χ1v) is 10.9. The molecule has 0 bridgehead atoms. The van der Waals surface area contributed by atoms with Gasteiger partial charge < -0.3 is 9.72 Å². The predicted molar refractivity (Wildman–Crippen MR) is 130 cm³/mol. The van der Waals surface area contributed by atoms with Crippen molar-refractivity contribution in [2.75, 3.05) is 6.61 Å². The van der Waals surface area contributed by atoms with Gasteiger partial charge in [-0.05, 0) is 53.3 Å². The first kappa shape index (κ1) is 21.0. The number of pyridine rings is 1. The van der Waals surface area contributed by atoms with E-state index < -0.39 is 0 Å². The number of rotatable bonds is 5. The van der Waals surface area contributed by atoms with Crippen molar-refractivity contribution in [2.45, 2.75) is 13.3 Å². The van der Waals surface area contributed by atoms with E-state index in [1.165, 1.54) is 0 Å². The lowest BCUT2D eigenvalue weighted by Gasteiger charge is -2.10. The number of H-pyrrole nitrogens is 2. The van der Waals surface area contributed by atoms with Gasteiger partial charge in [0.1, 0.15) is 0 Å². The van der Waals surface area contributed by atoms with Gasteiger partial charge in [-0.1, -0.05) is 48.0 Å². The zero-order valence-corrected chi connectivity index (χ0v) is 18.6. The first-order valence-electron chi connectivity index (χ1n) is 10.6. The summed E-state index contributed by atoms with van der Waals surface area (Å²) < 4.78 is 5.04. The Morgan fingerprint density at radius 2 is 1.79 bits per heavy atom. The summed E-state index contributed by atoms with van der Waals surface area (Å²) in [5, 5.41) is 9.46. The molecule has 0 fully saturated rings. The summed E-state index contributed by atoms with van der Waals surface area (Å²) >= 11 is 6.58. The van der Waals surface area contributed by atoms with Gasteiger partial charge in [-0.25, -0.2) is 0 Å². The Kier molecular flexibility index (Phi) is 5.44. The third kappa shape index (κ3) is 4.13. The smallest absolute Gasteiger partial charge is 0.310 e. The Morgan fingerprint density at radius 1 is 0.970 bits per heavy atom. The number of benzene rings is 3. The van der Waals surface area contributed by atoms with Gasteiger partial charge in [0, 0.05) is 22.0 Å². The van der Waals surface area contributed by atoms with E-state index in [1.807, 2.05) is 54.6 Å². The van der Waals surface area contributed by atoms with Crippen LogP contribution in [0.5, 0.6) is 0 Å². The van der Waals surface area contributed by atoms with Crippen LogP contribution in [0.4, 0.5) is 0 Å². The van der Waals surface area contributed by atoms with Gasteiger partial charge in [0.25, 0.3) is 5.56 Å². The maximum Gasteiger partial charge on any atom is 0.310 e. The normalized spacial score (nSPS) is 11.2. The molecule has 0 radical (unpaired) electrons. The Balaban J connectivity index is 1.58. The highest BCUT2D eigenvalue weighted by molar-refractivity contribution is 6.34. The quantitative estimate of drug-likeness (QED) is 0.341. The molecule has 2 aromatic heterocycles. The fourth-order valence-electron chi connectivity index (χ4n) is 4.00. The zero-order valence-electron chi connectivity index (χ0n) is 17.8. The molecule has 0 unspecified atom stereocenters. The summed E-state index contributed by atoms with van der Waals surface area (Å²) in [6, 6.07) is 19.0. The molecule has 2 N–H and O–H groups in total. The number of hydrogen-bond acceptors (Lipinski definition) is 4. The van der Waals surface area contributed by atoms with E-state index in [0.717, 1.165) is 38.5 Å². The van der Waals surface area contributed by atoms with Crippen molar-refractivity contribution in [3.63, 3.8) is 0 Å². The van der Waals surface area contributed by atoms with Gasteiger partial charge in [-0.2, -0.15) is 5.10 Å². The molecule has 164 valence electrons. The second-order valence-electron chi connectivity index (χ2n) is 7.79. The van der Waals surface area contributed by atoms with Crippen molar-refractivity contribution in [1.82, 2.24) is 15.2 Å². The summed E-state index contributed by atoms with van der Waals surface area (Å²) in [7, 11) is 0. The van der Waals surface area contributed by atoms with Crippen LogP contribution in [0, 0.1) is 0 Å². The molecule has 0 aliphatic carbocycles. The lowest BCUT2D eigenvalue weighted by Crippen LogP contribution is -2.10. The fraction of sp³-hybridized carbons (Fsp3) is 0.115. The van der Waals surface area contributed by atoms with Crippen LogP contribution in [0.3, 0.4) is 0 Å². The zero-order chi connectivity index (χ0) is 22.9. The Hall–Kier alpha value is -3.90. The standard InChI is InChI=1S/C26H20ClN3O3/c1-2-33-25(31)9-15-4-3-5-16(8-15)21-11-19-10-20(22(27)13-23(19)29-26(21)32)17-6-7-18-14-28-30-24(18)12-17/h3-8,10-14H,2,9H2,1H3,(H,28,30)(H,29,32). The fourth-order valence-corrected chi connectivity index (χ4v) is 4.27. The topological polar surface area (TPSA) is 87.8 Å². The minimum absolute atomic E-state index is 0.156. The van der Waals surface area contributed by atoms with Crippen molar-refractivity contribution in [2.24, 2.45) is 0 Å². The number of nitrogens with zero attached hydrogens (tertiary/aromatic N) is 1. The van der Waals surface area contributed by atoms with E-state index in [4.69, 9.17) is 16.3 Å². The number of nitrogens with one attached hydrogen (secondary N) is 2. The maximum absolute atomic E-state index is 12.9. The van der Waals surface area contributed by atoms with E-state index in [1.54, 1.807) is 19.2 Å². The predicted octanol–water partition coefficient (Wildman–Crippen LogP) is 5.50. The highest BCUT2D eigenvalue weighted by Crippen LogP contribution is 2.33. The van der Waals surface area contributed by atoms with Crippen LogP contribution in [-0.2, 0) is 16.0 Å². The van der Waals surface area contributed by atoms with Crippen LogP contribution in [0.15, 0.2) is 71.7 Å². The van der Waals surface area contributed by atoms with E-state index in [9.17, 15) is 9.59 Å². The molecule has 0 saturated carbocycles. The molecule has 3 aromatic carbocycles. The largest absolute Gasteiger partial charge is 0.466 e. The average molecular weight is 458 g/mol. The number of carbonyl (C=O) groups excluding carboxylic acids is 1. The van der Waals surface area contributed by atoms with Crippen LogP contribution in [0.25, 0.3) is 44.1 Å². The number of aromatic amines is 2. The minimum atomic E-state index is -0.296. The van der Waals surface area contributed by atoms with Crippen molar-refractivity contribution < 1.29 is 9.53 Å². The van der Waals surface area contributed by atoms with Crippen molar-refractivity contribution in [1.29, 1.82) is 0 Å². The Labute approximate surface area is 194 Å². The number of carbonyl (C=O) groups is 1. The van der Waals surface area contributed by atoms with E-state index in [-0.39, 0.29) is 17.9 Å². The monoisotopic (exact) mass is 457 g/mol. The summed E-state index contributed by atoms with van der Waals surface area (Å²) in [4.78, 5) is 27.6. The van der Waals surface area contributed by atoms with Crippen LogP contribution in [0.1, 0.15) is 12.5 Å². The minimum Gasteiger partial charge on any atom is -0.466 e. The molecule has 0 aliphatic heterocycles. The highest BCUT2D eigenvalue weighted by atomic mass is 35.5. The van der Waals surface area contributed by atoms with Crippen LogP contribution in [-0.4, -0.2) is 27.8 Å². The van der Waals surface area contributed by atoms with E-state index >= 15 is 0 Å². The molecule has 33 heavy (non-hydrogen) atoms. The van der Waals surface area contributed by atoms with Crippen molar-refractivity contribution in [3.05, 3.63) is 87.8 Å². The first-order chi connectivity index (χ1) is 16.0. The van der Waals surface area contributed by atoms with E-state index in [0.29, 0.717) is 22.7 Å². The molecule has 0 spiro atoms. The lowest BCUT2D eigenvalue weighted by molar-refractivity contribution is -0.142. The van der Waals surface area contributed by atoms with Gasteiger partial charge in [0.05, 0.1) is 29.8 Å². The molecular weight excluding hydrogens is 438 g/mol. The van der Waals surface area contributed by atoms with Crippen molar-refractivity contribution in [3.8, 4) is 22.3 Å². The molecule has 2 heterocycles. The lowest BCUT2D eigenvalue weighted by atomic mass is 9.99. The summed E-state index contributed by atoms with van der Waals surface area (Å²) in [6.45, 7) is 2.11. The molecule has 7 heteroatoms. The summed E-state index contributed by atoms with van der Waals surface area (Å²) in [5.74, 6) is -0.296. The second-order valence-corrected chi connectivity index (χ2v) is 8.19. The third-order valence-electron chi connectivity index (χ3n) is 5.58. The summed E-state index contributed by atoms with van der Waals surface area (Å²) in [5.41, 5.74) is 5.19. The van der Waals surface area contributed by atoms with Gasteiger partial charge in [-0.3, -0.25) is 14.7 Å². The number of fused-ring (bicyclic) bond motifs is 2. The Morgan fingerprint density at radius 3 is 2.64 bits per heavy atom. The molecule has 0 aliphatic rings. The molecule has 0 atom stereocenters.